The van der Waals surface area contributed by atoms with E-state index in [1.54, 1.807) is 18.2 Å². The lowest BCUT2D eigenvalue weighted by atomic mass is 9.63. The first-order chi connectivity index (χ1) is 15.8. The molecule has 1 aromatic carbocycles. The topological polar surface area (TPSA) is 71.5 Å². The summed E-state index contributed by atoms with van der Waals surface area (Å²) in [6, 6.07) is 10.8. The van der Waals surface area contributed by atoms with Crippen LogP contribution in [0.5, 0.6) is 0 Å². The molecule has 5 nitrogen and oxygen atoms in total. The van der Waals surface area contributed by atoms with Gasteiger partial charge in [-0.25, -0.2) is 4.79 Å². The number of aromatic nitrogens is 1. The number of esters is 1. The molecule has 0 amide bonds. The van der Waals surface area contributed by atoms with E-state index in [0.29, 0.717) is 5.56 Å². The molecule has 33 heavy (non-hydrogen) atoms. The second kappa shape index (κ2) is 9.18. The summed E-state index contributed by atoms with van der Waals surface area (Å²) in [4.78, 5) is 32.1. The Morgan fingerprint density at radius 3 is 2.67 bits per heavy atom. The average molecular weight is 443 g/mol. The van der Waals surface area contributed by atoms with Gasteiger partial charge in [-0.1, -0.05) is 35.9 Å². The summed E-state index contributed by atoms with van der Waals surface area (Å²) < 4.78 is 5.23. The van der Waals surface area contributed by atoms with Gasteiger partial charge in [0.2, 0.25) is 5.56 Å². The van der Waals surface area contributed by atoms with Crippen LogP contribution >= 0.6 is 0 Å². The van der Waals surface area contributed by atoms with E-state index in [2.05, 4.69) is 31.0 Å². The van der Waals surface area contributed by atoms with E-state index in [9.17, 15) is 9.59 Å². The van der Waals surface area contributed by atoms with Gasteiger partial charge in [0, 0.05) is 35.9 Å². The van der Waals surface area contributed by atoms with Crippen molar-refractivity contribution in [1.29, 1.82) is 0 Å². The van der Waals surface area contributed by atoms with Gasteiger partial charge in [-0.05, 0) is 69.5 Å². The normalized spacial score (nSPS) is 23.2. The lowest BCUT2D eigenvalue weighted by molar-refractivity contribution is 0.0378. The van der Waals surface area contributed by atoms with E-state index < -0.39 is 5.54 Å². The molecule has 170 valence electrons. The molecule has 2 aromatic rings. The van der Waals surface area contributed by atoms with Crippen LogP contribution in [0.4, 0.5) is 0 Å². The number of aliphatic imine (C=N–C) groups is 1. The number of carbonyl (C=O) groups is 1. The Kier molecular flexibility index (Phi) is 6.32. The number of hydrogen-bond donors (Lipinski definition) is 1. The lowest BCUT2D eigenvalue weighted by Gasteiger charge is -2.45. The highest BCUT2D eigenvalue weighted by Gasteiger charge is 2.46. The number of rotatable bonds is 5. The van der Waals surface area contributed by atoms with E-state index in [0.717, 1.165) is 29.7 Å². The maximum absolute atomic E-state index is 12.0. The molecule has 0 fully saturated rings. The number of H-pyrrole nitrogens is 1. The highest BCUT2D eigenvalue weighted by Crippen LogP contribution is 2.51. The molecule has 4 rings (SSSR count). The smallest absolute Gasteiger partial charge is 0.338 e. The van der Waals surface area contributed by atoms with E-state index in [1.807, 2.05) is 50.4 Å². The van der Waals surface area contributed by atoms with Gasteiger partial charge in [0.05, 0.1) is 11.7 Å². The van der Waals surface area contributed by atoms with Crippen LogP contribution in [-0.4, -0.2) is 23.3 Å². The van der Waals surface area contributed by atoms with Crippen LogP contribution in [-0.2, 0) is 16.7 Å². The van der Waals surface area contributed by atoms with Gasteiger partial charge in [0.15, 0.2) is 0 Å². The zero-order valence-electron chi connectivity index (χ0n) is 19.6. The van der Waals surface area contributed by atoms with Gasteiger partial charge >= 0.3 is 5.97 Å². The number of fused-ring (bicyclic) bond motifs is 4. The molecule has 0 aliphatic heterocycles. The molecule has 2 bridgehead atoms. The summed E-state index contributed by atoms with van der Waals surface area (Å²) in [5.41, 5.74) is 5.59. The lowest BCUT2D eigenvalue weighted by Crippen LogP contribution is -2.40. The van der Waals surface area contributed by atoms with Gasteiger partial charge in [-0.15, -0.1) is 0 Å². The predicted molar refractivity (Wildman–Crippen MR) is 133 cm³/mol. The molecule has 2 unspecified atom stereocenters. The zero-order valence-corrected chi connectivity index (χ0v) is 19.6. The van der Waals surface area contributed by atoms with Gasteiger partial charge in [0.1, 0.15) is 5.54 Å². The van der Waals surface area contributed by atoms with Crippen LogP contribution < -0.4 is 5.56 Å². The molecule has 1 N–H and O–H groups in total. The number of carbonyl (C=O) groups excluding carboxylic acids is 1. The minimum Gasteiger partial charge on any atom is -0.459 e. The third kappa shape index (κ3) is 4.54. The second-order valence-electron chi connectivity index (χ2n) is 9.03. The molecule has 1 aromatic heterocycles. The van der Waals surface area contributed by atoms with Crippen molar-refractivity contribution in [1.82, 2.24) is 4.98 Å². The number of aromatic amines is 1. The van der Waals surface area contributed by atoms with Crippen molar-refractivity contribution >= 4 is 18.3 Å². The van der Waals surface area contributed by atoms with Crippen molar-refractivity contribution in [2.24, 2.45) is 10.9 Å². The SMILES string of the molecule is CC=C1C2C=C(C)CC1(N=C/C=C/c1ccc(C(=O)OC(C)C)cc1)c1ccc(=O)[nH]c1C2. The average Bonchev–Trinajstić information content (AvgIpc) is 2.76. The fourth-order valence-corrected chi connectivity index (χ4v) is 4.99. The molecule has 2 aliphatic carbocycles. The highest BCUT2D eigenvalue weighted by atomic mass is 16.5. The van der Waals surface area contributed by atoms with Crippen molar-refractivity contribution < 1.29 is 9.53 Å². The minimum atomic E-state index is -0.495. The standard InChI is InChI=1S/C28H30N2O3/c1-5-23-22-15-19(4)17-28(23,24-12-13-26(31)30-25(24)16-22)29-14-6-7-20-8-10-21(11-9-20)27(32)33-18(2)3/h5-15,18,22H,16-17H2,1-4H3,(H,30,31)/b7-6+,23-5?,29-14?. The van der Waals surface area contributed by atoms with Gasteiger partial charge < -0.3 is 9.72 Å². The summed E-state index contributed by atoms with van der Waals surface area (Å²) in [6.45, 7) is 7.89. The van der Waals surface area contributed by atoms with E-state index in [4.69, 9.17) is 9.73 Å². The number of hydrogen-bond acceptors (Lipinski definition) is 4. The molecular weight excluding hydrogens is 412 g/mol. The molecule has 0 radical (unpaired) electrons. The first-order valence-electron chi connectivity index (χ1n) is 11.4. The fraction of sp³-hybridized carbons (Fsp3) is 0.321. The summed E-state index contributed by atoms with van der Waals surface area (Å²) in [5, 5.41) is 0. The van der Waals surface area contributed by atoms with Crippen molar-refractivity contribution in [3.63, 3.8) is 0 Å². The Bertz CT molecular complexity index is 1230. The van der Waals surface area contributed by atoms with Crippen LogP contribution in [0, 0.1) is 5.92 Å². The maximum Gasteiger partial charge on any atom is 0.338 e. The van der Waals surface area contributed by atoms with Crippen LogP contribution in [0.15, 0.2) is 75.6 Å². The number of benzene rings is 1. The molecule has 0 saturated carbocycles. The number of nitrogens with zero attached hydrogens (tertiary/aromatic N) is 1. The quantitative estimate of drug-likeness (QED) is 0.383. The van der Waals surface area contributed by atoms with Crippen LogP contribution in [0.2, 0.25) is 0 Å². The first kappa shape index (κ1) is 22.7. The summed E-state index contributed by atoms with van der Waals surface area (Å²) >= 11 is 0. The Hall–Kier alpha value is -3.47. The Balaban J connectivity index is 1.61. The summed E-state index contributed by atoms with van der Waals surface area (Å²) in [5.74, 6) is -0.0714. The first-order valence-corrected chi connectivity index (χ1v) is 11.4. The monoisotopic (exact) mass is 442 g/mol. The van der Waals surface area contributed by atoms with Crippen LogP contribution in [0.1, 0.15) is 61.3 Å². The Morgan fingerprint density at radius 2 is 1.97 bits per heavy atom. The molecule has 2 aliphatic rings. The molecule has 2 atom stereocenters. The summed E-state index contributed by atoms with van der Waals surface area (Å²) in [6.07, 6.45) is 11.7. The number of pyridine rings is 1. The second-order valence-corrected chi connectivity index (χ2v) is 9.03. The van der Waals surface area contributed by atoms with E-state index >= 15 is 0 Å². The van der Waals surface area contributed by atoms with Crippen LogP contribution in [0.3, 0.4) is 0 Å². The van der Waals surface area contributed by atoms with E-state index in [1.165, 1.54) is 11.1 Å². The van der Waals surface area contributed by atoms with Gasteiger partial charge in [0.25, 0.3) is 0 Å². The largest absolute Gasteiger partial charge is 0.459 e. The van der Waals surface area contributed by atoms with Crippen molar-refractivity contribution in [3.05, 3.63) is 98.5 Å². The fourth-order valence-electron chi connectivity index (χ4n) is 4.99. The third-order valence-corrected chi connectivity index (χ3v) is 6.24. The van der Waals surface area contributed by atoms with Crippen LogP contribution in [0.25, 0.3) is 6.08 Å². The third-order valence-electron chi connectivity index (χ3n) is 6.24. The number of ether oxygens (including phenoxy) is 1. The van der Waals surface area contributed by atoms with Gasteiger partial charge in [-0.3, -0.25) is 9.79 Å². The van der Waals surface area contributed by atoms with Crippen molar-refractivity contribution in [2.45, 2.75) is 52.2 Å². The zero-order chi connectivity index (χ0) is 23.6. The Morgan fingerprint density at radius 1 is 1.21 bits per heavy atom. The Labute approximate surface area is 194 Å². The molecule has 0 spiro atoms. The number of allylic oxidation sites excluding steroid dienone is 3. The minimum absolute atomic E-state index is 0.0730. The predicted octanol–water partition coefficient (Wildman–Crippen LogP) is 5.39. The van der Waals surface area contributed by atoms with Crippen molar-refractivity contribution in [3.8, 4) is 0 Å². The molecule has 0 saturated heterocycles. The maximum atomic E-state index is 12.0. The van der Waals surface area contributed by atoms with Gasteiger partial charge in [-0.2, -0.15) is 0 Å². The molecular formula is C28H30N2O3. The van der Waals surface area contributed by atoms with E-state index in [-0.39, 0.29) is 23.6 Å². The highest BCUT2D eigenvalue weighted by molar-refractivity contribution is 5.90. The molecule has 5 heteroatoms. The van der Waals surface area contributed by atoms with Crippen molar-refractivity contribution in [2.75, 3.05) is 0 Å². The molecule has 1 heterocycles. The summed E-state index contributed by atoms with van der Waals surface area (Å²) in [7, 11) is 0. The number of nitrogens with one attached hydrogen (secondary N) is 1.